The average molecular weight is 309 g/mol. The molecule has 0 bridgehead atoms. The molecule has 0 saturated carbocycles. The zero-order valence-electron chi connectivity index (χ0n) is 12.1. The number of carbonyl (C=O) groups excluding carboxylic acids is 1. The molecular weight excluding hydrogens is 297 g/mol. The fourth-order valence-electron chi connectivity index (χ4n) is 2.28. The van der Waals surface area contributed by atoms with E-state index >= 15 is 0 Å². The highest BCUT2D eigenvalue weighted by Gasteiger charge is 2.22. The Bertz CT molecular complexity index is 772. The molecule has 114 valence electrons. The van der Waals surface area contributed by atoms with Gasteiger partial charge in [0, 0.05) is 18.8 Å². The van der Waals surface area contributed by atoms with Crippen LogP contribution < -0.4 is 5.32 Å². The van der Waals surface area contributed by atoms with Crippen LogP contribution in [-0.2, 0) is 0 Å². The van der Waals surface area contributed by atoms with Crippen LogP contribution in [0.15, 0.2) is 29.5 Å². The first kappa shape index (κ1) is 16.0. The van der Waals surface area contributed by atoms with Gasteiger partial charge < -0.3 is 10.2 Å². The summed E-state index contributed by atoms with van der Waals surface area (Å²) in [5.74, 6) is -1.09. The molecule has 0 atom stereocenters. The Morgan fingerprint density at radius 3 is 2.30 bits per heavy atom. The second-order valence-electron chi connectivity index (χ2n) is 4.90. The Morgan fingerprint density at radius 1 is 1.13 bits per heavy atom. The summed E-state index contributed by atoms with van der Waals surface area (Å²) >= 11 is 0. The lowest BCUT2D eigenvalue weighted by Gasteiger charge is -2.16. The molecule has 1 aliphatic heterocycles. The van der Waals surface area contributed by atoms with Gasteiger partial charge in [-0.3, -0.25) is 4.79 Å². The van der Waals surface area contributed by atoms with Gasteiger partial charge in [-0.1, -0.05) is 0 Å². The van der Waals surface area contributed by atoms with Crippen molar-refractivity contribution in [2.45, 2.75) is 12.8 Å². The quantitative estimate of drug-likeness (QED) is 0.863. The number of rotatable bonds is 3. The minimum atomic E-state index is -0.723. The Kier molecular flexibility index (Phi) is 4.92. The van der Waals surface area contributed by atoms with Crippen molar-refractivity contribution in [2.75, 3.05) is 18.4 Å². The van der Waals surface area contributed by atoms with Crippen LogP contribution in [0.2, 0.25) is 0 Å². The highest BCUT2D eigenvalue weighted by atomic mass is 19.1. The van der Waals surface area contributed by atoms with Gasteiger partial charge in [0.25, 0.3) is 5.91 Å². The Morgan fingerprint density at radius 2 is 1.78 bits per heavy atom. The number of hydrogen-bond acceptors (Lipinski definition) is 5. The fraction of sp³-hybridized carbons (Fsp3) is 0.250. The van der Waals surface area contributed by atoms with Crippen molar-refractivity contribution in [3.63, 3.8) is 0 Å². The van der Waals surface area contributed by atoms with Gasteiger partial charge in [-0.2, -0.15) is 15.8 Å². The average Bonchev–Trinajstić information content (AvgIpc) is 3.09. The van der Waals surface area contributed by atoms with E-state index < -0.39 is 11.4 Å². The molecule has 0 aromatic heterocycles. The van der Waals surface area contributed by atoms with Crippen molar-refractivity contribution in [3.8, 4) is 18.2 Å². The summed E-state index contributed by atoms with van der Waals surface area (Å²) in [7, 11) is 0. The number of nitriles is 3. The maximum absolute atomic E-state index is 14.2. The molecule has 0 unspecified atom stereocenters. The molecule has 1 N–H and O–H groups in total. The van der Waals surface area contributed by atoms with Crippen molar-refractivity contribution in [3.05, 3.63) is 40.8 Å². The van der Waals surface area contributed by atoms with Gasteiger partial charge in [0.15, 0.2) is 5.57 Å². The molecule has 0 spiro atoms. The number of amides is 1. The third-order valence-electron chi connectivity index (χ3n) is 3.45. The summed E-state index contributed by atoms with van der Waals surface area (Å²) in [6.45, 7) is 1.24. The lowest BCUT2D eigenvalue weighted by atomic mass is 10.1. The van der Waals surface area contributed by atoms with Gasteiger partial charge in [0.2, 0.25) is 0 Å². The smallest absolute Gasteiger partial charge is 0.256 e. The Labute approximate surface area is 132 Å². The Hall–Kier alpha value is -3.37. The minimum Gasteiger partial charge on any atom is -0.345 e. The van der Waals surface area contributed by atoms with E-state index in [-0.39, 0.29) is 22.9 Å². The summed E-state index contributed by atoms with van der Waals surface area (Å²) in [6.07, 6.45) is 1.82. The van der Waals surface area contributed by atoms with Gasteiger partial charge >= 0.3 is 0 Å². The number of anilines is 1. The third kappa shape index (κ3) is 3.45. The number of hydrogen-bond donors (Lipinski definition) is 1. The van der Waals surface area contributed by atoms with Gasteiger partial charge in [-0.05, 0) is 31.0 Å². The summed E-state index contributed by atoms with van der Waals surface area (Å²) < 4.78 is 14.2. The largest absolute Gasteiger partial charge is 0.345 e. The second kappa shape index (κ2) is 7.06. The van der Waals surface area contributed by atoms with E-state index in [0.29, 0.717) is 13.1 Å². The number of benzene rings is 1. The summed E-state index contributed by atoms with van der Waals surface area (Å²) in [4.78, 5) is 13.8. The zero-order valence-corrected chi connectivity index (χ0v) is 12.1. The zero-order chi connectivity index (χ0) is 16.8. The van der Waals surface area contributed by atoms with E-state index in [4.69, 9.17) is 15.8 Å². The van der Waals surface area contributed by atoms with Gasteiger partial charge in [-0.25, -0.2) is 4.39 Å². The number of allylic oxidation sites excluding steroid dienone is 2. The van der Waals surface area contributed by atoms with Gasteiger partial charge in [0.05, 0.1) is 5.56 Å². The number of carbonyl (C=O) groups is 1. The molecule has 1 amide bonds. The van der Waals surface area contributed by atoms with Crippen LogP contribution in [-0.4, -0.2) is 23.9 Å². The van der Waals surface area contributed by atoms with Crippen LogP contribution in [0.5, 0.6) is 0 Å². The number of nitrogens with zero attached hydrogens (tertiary/aromatic N) is 4. The summed E-state index contributed by atoms with van der Waals surface area (Å²) in [6, 6.07) is 8.66. The first-order valence-corrected chi connectivity index (χ1v) is 6.91. The molecule has 0 aliphatic carbocycles. The lowest BCUT2D eigenvalue weighted by Crippen LogP contribution is -2.28. The predicted molar refractivity (Wildman–Crippen MR) is 79.0 cm³/mol. The lowest BCUT2D eigenvalue weighted by molar-refractivity contribution is 0.0788. The Balaban J connectivity index is 2.25. The van der Waals surface area contributed by atoms with Crippen molar-refractivity contribution in [1.82, 2.24) is 4.90 Å². The topological polar surface area (TPSA) is 104 Å². The molecule has 1 saturated heterocycles. The summed E-state index contributed by atoms with van der Waals surface area (Å²) in [5, 5.41) is 29.0. The maximum Gasteiger partial charge on any atom is 0.256 e. The monoisotopic (exact) mass is 309 g/mol. The van der Waals surface area contributed by atoms with E-state index in [1.807, 2.05) is 0 Å². The molecular formula is C16H12FN5O. The first-order valence-electron chi connectivity index (χ1n) is 6.91. The van der Waals surface area contributed by atoms with Crippen molar-refractivity contribution in [2.24, 2.45) is 0 Å². The standard InChI is InChI=1S/C16H12FN5O/c17-14-7-12(21-15(10-20)11(8-18)9-19)3-4-13(14)16(23)22-5-1-2-6-22/h3-4,7,21H,1-2,5-6H2. The molecule has 23 heavy (non-hydrogen) atoms. The number of halogens is 1. The number of nitrogens with one attached hydrogen (secondary N) is 1. The van der Waals surface area contributed by atoms with E-state index in [0.717, 1.165) is 18.9 Å². The SMILES string of the molecule is N#CC(C#N)=C(C#N)Nc1ccc(C(=O)N2CCCC2)c(F)c1. The van der Waals surface area contributed by atoms with Crippen LogP contribution in [0.1, 0.15) is 23.2 Å². The van der Waals surface area contributed by atoms with Gasteiger partial charge in [0.1, 0.15) is 29.7 Å². The highest BCUT2D eigenvalue weighted by molar-refractivity contribution is 5.95. The van der Waals surface area contributed by atoms with Crippen LogP contribution in [0.3, 0.4) is 0 Å². The molecule has 1 aromatic rings. The molecule has 2 rings (SSSR count). The van der Waals surface area contributed by atoms with Crippen LogP contribution in [0, 0.1) is 39.8 Å². The predicted octanol–water partition coefficient (Wildman–Crippen LogP) is 2.30. The van der Waals surface area contributed by atoms with Gasteiger partial charge in [-0.15, -0.1) is 0 Å². The minimum absolute atomic E-state index is 0.0410. The molecule has 1 fully saturated rings. The van der Waals surface area contributed by atoms with E-state index in [1.54, 1.807) is 23.1 Å². The van der Waals surface area contributed by atoms with Crippen LogP contribution >= 0.6 is 0 Å². The molecule has 1 heterocycles. The molecule has 1 aromatic carbocycles. The van der Waals surface area contributed by atoms with E-state index in [9.17, 15) is 9.18 Å². The van der Waals surface area contributed by atoms with E-state index in [1.165, 1.54) is 12.1 Å². The van der Waals surface area contributed by atoms with Crippen LogP contribution in [0.25, 0.3) is 0 Å². The van der Waals surface area contributed by atoms with Crippen molar-refractivity contribution >= 4 is 11.6 Å². The molecule has 6 nitrogen and oxygen atoms in total. The maximum atomic E-state index is 14.2. The summed E-state index contributed by atoms with van der Waals surface area (Å²) in [5.41, 5.74) is -0.529. The van der Waals surface area contributed by atoms with E-state index in [2.05, 4.69) is 5.32 Å². The van der Waals surface area contributed by atoms with Crippen LogP contribution in [0.4, 0.5) is 10.1 Å². The number of likely N-dealkylation sites (tertiary alicyclic amines) is 1. The van der Waals surface area contributed by atoms with Crippen molar-refractivity contribution in [1.29, 1.82) is 15.8 Å². The molecule has 7 heteroatoms. The molecule has 1 aliphatic rings. The third-order valence-corrected chi connectivity index (χ3v) is 3.45. The second-order valence-corrected chi connectivity index (χ2v) is 4.90. The first-order chi connectivity index (χ1) is 11.1. The molecule has 0 radical (unpaired) electrons. The normalized spacial score (nSPS) is 12.7. The fourth-order valence-corrected chi connectivity index (χ4v) is 2.28. The van der Waals surface area contributed by atoms with Crippen molar-refractivity contribution < 1.29 is 9.18 Å². The highest BCUT2D eigenvalue weighted by Crippen LogP contribution is 2.20.